The second-order valence-electron chi connectivity index (χ2n) is 8.25. The third kappa shape index (κ3) is 6.16. The van der Waals surface area contributed by atoms with Crippen molar-refractivity contribution in [3.63, 3.8) is 0 Å². The van der Waals surface area contributed by atoms with Gasteiger partial charge in [0.1, 0.15) is 27.2 Å². The molecule has 0 saturated carbocycles. The summed E-state index contributed by atoms with van der Waals surface area (Å²) in [6.07, 6.45) is 4.24. The number of halogens is 1. The van der Waals surface area contributed by atoms with Gasteiger partial charge in [0.05, 0.1) is 12.4 Å². The van der Waals surface area contributed by atoms with Crippen molar-refractivity contribution in [2.45, 2.75) is 26.2 Å². The van der Waals surface area contributed by atoms with Gasteiger partial charge in [-0.05, 0) is 54.8 Å². The van der Waals surface area contributed by atoms with Crippen LogP contribution >= 0.6 is 0 Å². The van der Waals surface area contributed by atoms with Gasteiger partial charge >= 0.3 is 0 Å². The number of hydrogen-bond acceptors (Lipinski definition) is 5. The van der Waals surface area contributed by atoms with Gasteiger partial charge in [-0.3, -0.25) is 0 Å². The van der Waals surface area contributed by atoms with Crippen LogP contribution in [-0.2, 0) is 22.7 Å². The van der Waals surface area contributed by atoms with Crippen LogP contribution in [0.2, 0.25) is 0 Å². The minimum Gasteiger partial charge on any atom is -0.494 e. The number of aryl methyl sites for hydroxylation is 1. The number of benzene rings is 2. The van der Waals surface area contributed by atoms with Crippen molar-refractivity contribution in [3.05, 3.63) is 88.9 Å². The van der Waals surface area contributed by atoms with Crippen LogP contribution in [0.4, 0.5) is 4.39 Å². The predicted molar refractivity (Wildman–Crippen MR) is 127 cm³/mol. The van der Waals surface area contributed by atoms with E-state index < -0.39 is 9.84 Å². The molecule has 0 unspecified atom stereocenters. The van der Waals surface area contributed by atoms with Crippen LogP contribution in [-0.4, -0.2) is 42.0 Å². The van der Waals surface area contributed by atoms with Crippen LogP contribution in [0, 0.1) is 12.7 Å². The summed E-state index contributed by atoms with van der Waals surface area (Å²) in [7, 11) is -2.99. The van der Waals surface area contributed by atoms with Gasteiger partial charge in [-0.15, -0.1) is 0 Å². The molecule has 4 aromatic rings. The van der Waals surface area contributed by atoms with Crippen molar-refractivity contribution in [1.82, 2.24) is 15.0 Å². The average Bonchev–Trinajstić information content (AvgIpc) is 3.15. The zero-order valence-electron chi connectivity index (χ0n) is 18.6. The lowest BCUT2D eigenvalue weighted by molar-refractivity contribution is 0.317. The van der Waals surface area contributed by atoms with Gasteiger partial charge in [0, 0.05) is 47.6 Å². The number of H-pyrrole nitrogens is 1. The molecule has 0 bridgehead atoms. The van der Waals surface area contributed by atoms with Crippen molar-refractivity contribution in [2.24, 2.45) is 0 Å². The summed E-state index contributed by atoms with van der Waals surface area (Å²) in [6.45, 7) is 2.24. The molecule has 0 aliphatic heterocycles. The summed E-state index contributed by atoms with van der Waals surface area (Å²) in [5.74, 6) is 1.19. The monoisotopic (exact) mass is 467 g/mol. The Balaban J connectivity index is 1.43. The van der Waals surface area contributed by atoms with Gasteiger partial charge in [0.2, 0.25) is 0 Å². The van der Waals surface area contributed by atoms with E-state index in [9.17, 15) is 12.8 Å². The van der Waals surface area contributed by atoms with E-state index in [2.05, 4.69) is 15.0 Å². The lowest BCUT2D eigenvalue weighted by Crippen LogP contribution is -2.08. The van der Waals surface area contributed by atoms with Gasteiger partial charge in [-0.2, -0.15) is 0 Å². The van der Waals surface area contributed by atoms with E-state index in [-0.39, 0.29) is 11.6 Å². The Morgan fingerprint density at radius 2 is 1.94 bits per heavy atom. The number of rotatable bonds is 9. The quantitative estimate of drug-likeness (QED) is 0.369. The minimum atomic E-state index is -2.99. The topological polar surface area (TPSA) is 84.9 Å². The summed E-state index contributed by atoms with van der Waals surface area (Å²) in [6, 6.07) is 14.9. The standard InChI is InChI=1S/C25H26FN3O3S/c1-17-13-22-23(28-17)8-7-19(25(22)26)16-20-9-10-27-24(29-20)15-18-5-3-6-21(14-18)32-11-4-12-33(2,30)31/h3,5-10,13-14,28H,4,11-12,15-16H2,1-2H3. The summed E-state index contributed by atoms with van der Waals surface area (Å²) < 4.78 is 43.1. The van der Waals surface area contributed by atoms with Crippen molar-refractivity contribution in [2.75, 3.05) is 18.6 Å². The number of aromatic nitrogens is 3. The molecule has 6 nitrogen and oxygen atoms in total. The molecule has 1 N–H and O–H groups in total. The lowest BCUT2D eigenvalue weighted by Gasteiger charge is -2.09. The molecule has 2 heterocycles. The molecule has 0 aliphatic rings. The molecule has 4 rings (SSSR count). The van der Waals surface area contributed by atoms with E-state index in [1.54, 1.807) is 18.3 Å². The first-order valence-electron chi connectivity index (χ1n) is 10.7. The van der Waals surface area contributed by atoms with E-state index in [0.29, 0.717) is 48.4 Å². The molecule has 0 saturated heterocycles. The highest BCUT2D eigenvalue weighted by molar-refractivity contribution is 7.90. The Hall–Kier alpha value is -3.26. The third-order valence-electron chi connectivity index (χ3n) is 5.28. The Kier molecular flexibility index (Phi) is 6.74. The first kappa shape index (κ1) is 22.9. The fraction of sp³-hybridized carbons (Fsp3) is 0.280. The van der Waals surface area contributed by atoms with E-state index in [1.165, 1.54) is 6.26 Å². The first-order chi connectivity index (χ1) is 15.8. The maximum atomic E-state index is 14.9. The van der Waals surface area contributed by atoms with Crippen LogP contribution in [0.5, 0.6) is 5.75 Å². The van der Waals surface area contributed by atoms with Crippen molar-refractivity contribution in [3.8, 4) is 5.75 Å². The zero-order chi connectivity index (χ0) is 23.4. The van der Waals surface area contributed by atoms with Gasteiger partial charge in [-0.25, -0.2) is 22.8 Å². The molecule has 2 aromatic carbocycles. The van der Waals surface area contributed by atoms with Crippen molar-refractivity contribution < 1.29 is 17.5 Å². The second kappa shape index (κ2) is 9.70. The number of sulfone groups is 1. The minimum absolute atomic E-state index is 0.102. The molecule has 0 spiro atoms. The summed E-state index contributed by atoms with van der Waals surface area (Å²) >= 11 is 0. The number of nitrogens with one attached hydrogen (secondary N) is 1. The van der Waals surface area contributed by atoms with Crippen LogP contribution in [0.1, 0.15) is 34.8 Å². The molecule has 172 valence electrons. The molecule has 0 aliphatic carbocycles. The SMILES string of the molecule is Cc1cc2c(F)c(Cc3ccnc(Cc4cccc(OCCCS(C)(=O)=O)c4)n3)ccc2[nH]1. The van der Waals surface area contributed by atoms with Gasteiger partial charge in [0.15, 0.2) is 0 Å². The molecule has 2 aromatic heterocycles. The number of fused-ring (bicyclic) bond motifs is 1. The fourth-order valence-electron chi connectivity index (χ4n) is 3.75. The number of aromatic amines is 1. The fourth-order valence-corrected chi connectivity index (χ4v) is 4.39. The van der Waals surface area contributed by atoms with Crippen LogP contribution in [0.3, 0.4) is 0 Å². The number of nitrogens with zero attached hydrogens (tertiary/aromatic N) is 2. The van der Waals surface area contributed by atoms with E-state index in [1.807, 2.05) is 43.3 Å². The first-order valence-corrected chi connectivity index (χ1v) is 12.8. The highest BCUT2D eigenvalue weighted by atomic mass is 32.2. The Bertz CT molecular complexity index is 1380. The highest BCUT2D eigenvalue weighted by Crippen LogP contribution is 2.23. The normalized spacial score (nSPS) is 11.7. The second-order valence-corrected chi connectivity index (χ2v) is 10.5. The largest absolute Gasteiger partial charge is 0.494 e. The predicted octanol–water partition coefficient (Wildman–Crippen LogP) is 4.40. The maximum absolute atomic E-state index is 14.9. The van der Waals surface area contributed by atoms with Gasteiger partial charge in [-0.1, -0.05) is 18.2 Å². The summed E-state index contributed by atoms with van der Waals surface area (Å²) in [5, 5.41) is 0.590. The van der Waals surface area contributed by atoms with E-state index >= 15 is 0 Å². The lowest BCUT2D eigenvalue weighted by atomic mass is 10.1. The summed E-state index contributed by atoms with van der Waals surface area (Å²) in [5.41, 5.74) is 4.03. The number of hydrogen-bond donors (Lipinski definition) is 1. The van der Waals surface area contributed by atoms with Crippen molar-refractivity contribution >= 4 is 20.7 Å². The molecule has 0 amide bonds. The average molecular weight is 468 g/mol. The van der Waals surface area contributed by atoms with Crippen LogP contribution < -0.4 is 4.74 Å². The molecule has 8 heteroatoms. The maximum Gasteiger partial charge on any atom is 0.147 e. The Morgan fingerprint density at radius 1 is 1.09 bits per heavy atom. The van der Waals surface area contributed by atoms with Crippen LogP contribution in [0.15, 0.2) is 54.7 Å². The van der Waals surface area contributed by atoms with Gasteiger partial charge < -0.3 is 9.72 Å². The third-order valence-corrected chi connectivity index (χ3v) is 6.31. The highest BCUT2D eigenvalue weighted by Gasteiger charge is 2.11. The molecular weight excluding hydrogens is 441 g/mol. The van der Waals surface area contributed by atoms with Crippen LogP contribution in [0.25, 0.3) is 10.9 Å². The Morgan fingerprint density at radius 3 is 2.76 bits per heavy atom. The van der Waals surface area contributed by atoms with E-state index in [4.69, 9.17) is 4.74 Å². The zero-order valence-corrected chi connectivity index (χ0v) is 19.5. The summed E-state index contributed by atoms with van der Waals surface area (Å²) in [4.78, 5) is 12.1. The smallest absolute Gasteiger partial charge is 0.147 e. The molecule has 0 atom stereocenters. The number of ether oxygens (including phenoxy) is 1. The molecular formula is C25H26FN3O3S. The van der Waals surface area contributed by atoms with Gasteiger partial charge in [0.25, 0.3) is 0 Å². The van der Waals surface area contributed by atoms with Crippen molar-refractivity contribution in [1.29, 1.82) is 0 Å². The molecule has 33 heavy (non-hydrogen) atoms. The molecule has 0 fully saturated rings. The Labute approximate surface area is 192 Å². The molecule has 0 radical (unpaired) electrons. The van der Waals surface area contributed by atoms with E-state index in [0.717, 1.165) is 22.5 Å².